The monoisotopic (exact) mass is 388 g/mol. The van der Waals surface area contributed by atoms with E-state index < -0.39 is 28.0 Å². The Kier molecular flexibility index (Phi) is 5.60. The maximum atomic E-state index is 12.0. The van der Waals surface area contributed by atoms with Gasteiger partial charge in [-0.3, -0.25) is 4.79 Å². The fraction of sp³-hybridized carbons (Fsp3) is 0.143. The van der Waals surface area contributed by atoms with E-state index in [1.165, 1.54) is 37.3 Å². The number of carbonyl (C=O) groups is 2. The van der Waals surface area contributed by atoms with Crippen LogP contribution in [0.4, 0.5) is 5.69 Å². The van der Waals surface area contributed by atoms with Gasteiger partial charge in [0.2, 0.25) is 10.0 Å². The van der Waals surface area contributed by atoms with Crippen molar-refractivity contribution in [2.24, 2.45) is 5.14 Å². The van der Waals surface area contributed by atoms with Gasteiger partial charge in [-0.15, -0.1) is 11.3 Å². The van der Waals surface area contributed by atoms with Crippen LogP contribution in [0.15, 0.2) is 41.3 Å². The lowest BCUT2D eigenvalue weighted by atomic mass is 10.3. The quantitative estimate of drug-likeness (QED) is 0.762. The average Bonchev–Trinajstić information content (AvgIpc) is 2.93. The molecule has 7 nitrogen and oxygen atoms in total. The molecule has 1 aromatic carbocycles. The Morgan fingerprint density at radius 1 is 1.21 bits per heavy atom. The first-order valence-electron chi connectivity index (χ1n) is 6.57. The van der Waals surface area contributed by atoms with E-state index in [0.29, 0.717) is 10.0 Å². The molecule has 0 aliphatic carbocycles. The molecule has 0 saturated heterocycles. The highest BCUT2D eigenvalue weighted by molar-refractivity contribution is 7.89. The molecule has 0 aliphatic rings. The van der Waals surface area contributed by atoms with Gasteiger partial charge in [-0.25, -0.2) is 18.4 Å². The first-order valence-corrected chi connectivity index (χ1v) is 9.31. The SMILES string of the molecule is C[C@@H](OC(=O)c1ccc(Cl)s1)C(=O)Nc1ccc(S(N)(=O)=O)cc1. The van der Waals surface area contributed by atoms with Gasteiger partial charge in [-0.1, -0.05) is 11.6 Å². The Labute approximate surface area is 147 Å². The van der Waals surface area contributed by atoms with Crippen LogP contribution in [0, 0.1) is 0 Å². The van der Waals surface area contributed by atoms with E-state index in [-0.39, 0.29) is 9.77 Å². The van der Waals surface area contributed by atoms with Crippen LogP contribution < -0.4 is 10.5 Å². The van der Waals surface area contributed by atoms with Crippen molar-refractivity contribution in [2.45, 2.75) is 17.9 Å². The third-order valence-electron chi connectivity index (χ3n) is 2.88. The van der Waals surface area contributed by atoms with E-state index in [4.69, 9.17) is 21.5 Å². The molecule has 3 N–H and O–H groups in total. The largest absolute Gasteiger partial charge is 0.448 e. The smallest absolute Gasteiger partial charge is 0.349 e. The number of amides is 1. The molecule has 2 rings (SSSR count). The molecule has 10 heteroatoms. The van der Waals surface area contributed by atoms with Gasteiger partial charge in [-0.2, -0.15) is 0 Å². The average molecular weight is 389 g/mol. The molecule has 1 heterocycles. The highest BCUT2D eigenvalue weighted by Gasteiger charge is 2.20. The van der Waals surface area contributed by atoms with Gasteiger partial charge >= 0.3 is 5.97 Å². The van der Waals surface area contributed by atoms with Gasteiger partial charge in [-0.05, 0) is 43.3 Å². The fourth-order valence-corrected chi connectivity index (χ4v) is 3.11. The number of hydrogen-bond donors (Lipinski definition) is 2. The molecule has 0 bridgehead atoms. The molecular weight excluding hydrogens is 376 g/mol. The summed E-state index contributed by atoms with van der Waals surface area (Å²) in [5.74, 6) is -1.21. The number of nitrogens with one attached hydrogen (secondary N) is 1. The van der Waals surface area contributed by atoms with Gasteiger partial charge in [0, 0.05) is 5.69 Å². The van der Waals surface area contributed by atoms with Crippen LogP contribution in [-0.4, -0.2) is 26.4 Å². The van der Waals surface area contributed by atoms with Crippen molar-refractivity contribution >= 4 is 50.5 Å². The van der Waals surface area contributed by atoms with Crippen molar-refractivity contribution in [1.29, 1.82) is 0 Å². The minimum absolute atomic E-state index is 0.0745. The number of anilines is 1. The third-order valence-corrected chi connectivity index (χ3v) is 5.02. The summed E-state index contributed by atoms with van der Waals surface area (Å²) >= 11 is 6.78. The number of primary sulfonamides is 1. The Morgan fingerprint density at radius 2 is 1.83 bits per heavy atom. The second kappa shape index (κ2) is 7.31. The molecule has 24 heavy (non-hydrogen) atoms. The van der Waals surface area contributed by atoms with E-state index in [9.17, 15) is 18.0 Å². The maximum Gasteiger partial charge on any atom is 0.349 e. The van der Waals surface area contributed by atoms with E-state index in [1.807, 2.05) is 0 Å². The van der Waals surface area contributed by atoms with Crippen LogP contribution in [0.2, 0.25) is 4.34 Å². The topological polar surface area (TPSA) is 116 Å². The predicted octanol–water partition coefficient (Wildman–Crippen LogP) is 2.23. The molecule has 0 saturated carbocycles. The highest BCUT2D eigenvalue weighted by Crippen LogP contribution is 2.22. The summed E-state index contributed by atoms with van der Waals surface area (Å²) in [6.07, 6.45) is -1.05. The van der Waals surface area contributed by atoms with Crippen LogP contribution in [0.25, 0.3) is 0 Å². The summed E-state index contributed by atoms with van der Waals surface area (Å²) < 4.78 is 27.8. The van der Waals surface area contributed by atoms with E-state index >= 15 is 0 Å². The predicted molar refractivity (Wildman–Crippen MR) is 90.7 cm³/mol. The van der Waals surface area contributed by atoms with Crippen molar-refractivity contribution in [3.63, 3.8) is 0 Å². The summed E-state index contributed by atoms with van der Waals surface area (Å²) in [7, 11) is -3.80. The minimum Gasteiger partial charge on any atom is -0.448 e. The molecule has 2 aromatic rings. The highest BCUT2D eigenvalue weighted by atomic mass is 35.5. The molecule has 0 unspecified atom stereocenters. The lowest BCUT2D eigenvalue weighted by molar-refractivity contribution is -0.123. The van der Waals surface area contributed by atoms with Gasteiger partial charge in [0.05, 0.1) is 9.23 Å². The molecule has 0 aliphatic heterocycles. The van der Waals surface area contributed by atoms with Gasteiger partial charge in [0.25, 0.3) is 5.91 Å². The van der Waals surface area contributed by atoms with Crippen molar-refractivity contribution in [3.05, 3.63) is 45.6 Å². The number of hydrogen-bond acceptors (Lipinski definition) is 6. The Bertz CT molecular complexity index is 862. The van der Waals surface area contributed by atoms with E-state index in [2.05, 4.69) is 5.32 Å². The number of ether oxygens (including phenoxy) is 1. The Morgan fingerprint density at radius 3 is 2.33 bits per heavy atom. The summed E-state index contributed by atoms with van der Waals surface area (Å²) in [6, 6.07) is 8.34. The summed E-state index contributed by atoms with van der Waals surface area (Å²) in [5, 5.41) is 7.50. The number of esters is 1. The summed E-state index contributed by atoms with van der Waals surface area (Å²) in [4.78, 5) is 24.1. The second-order valence-electron chi connectivity index (χ2n) is 4.71. The maximum absolute atomic E-state index is 12.0. The zero-order valence-electron chi connectivity index (χ0n) is 12.4. The summed E-state index contributed by atoms with van der Waals surface area (Å²) in [5.41, 5.74) is 0.342. The lowest BCUT2D eigenvalue weighted by Gasteiger charge is -2.13. The fourth-order valence-electron chi connectivity index (χ4n) is 1.67. The van der Waals surface area contributed by atoms with Crippen LogP contribution >= 0.6 is 22.9 Å². The van der Waals surface area contributed by atoms with E-state index in [1.54, 1.807) is 6.07 Å². The number of thiophene rings is 1. The number of sulfonamides is 1. The van der Waals surface area contributed by atoms with Crippen LogP contribution in [-0.2, 0) is 19.6 Å². The molecule has 1 amide bonds. The minimum atomic E-state index is -3.80. The van der Waals surface area contributed by atoms with Crippen LogP contribution in [0.5, 0.6) is 0 Å². The van der Waals surface area contributed by atoms with Crippen molar-refractivity contribution < 1.29 is 22.7 Å². The Balaban J connectivity index is 1.97. The standard InChI is InChI=1S/C14H13ClN2O5S2/c1-8(22-14(19)11-6-7-12(15)23-11)13(18)17-9-2-4-10(5-3-9)24(16,20)21/h2-8H,1H3,(H,17,18)(H2,16,20,21)/t8-/m1/s1. The first-order chi connectivity index (χ1) is 11.2. The molecule has 0 fully saturated rings. The molecule has 128 valence electrons. The molecule has 0 spiro atoms. The Hall–Kier alpha value is -1.94. The van der Waals surface area contributed by atoms with Crippen LogP contribution in [0.3, 0.4) is 0 Å². The molecule has 0 radical (unpaired) electrons. The third kappa shape index (κ3) is 4.78. The van der Waals surface area contributed by atoms with Gasteiger partial charge in [0.15, 0.2) is 6.10 Å². The van der Waals surface area contributed by atoms with Crippen LogP contribution in [0.1, 0.15) is 16.6 Å². The normalized spacial score (nSPS) is 12.5. The number of rotatable bonds is 5. The first kappa shape index (κ1) is 18.4. The zero-order valence-corrected chi connectivity index (χ0v) is 14.7. The lowest BCUT2D eigenvalue weighted by Crippen LogP contribution is -2.29. The summed E-state index contributed by atoms with van der Waals surface area (Å²) in [6.45, 7) is 1.42. The number of carbonyl (C=O) groups excluding carboxylic acids is 2. The number of benzene rings is 1. The number of halogens is 1. The van der Waals surface area contributed by atoms with E-state index in [0.717, 1.165) is 11.3 Å². The molecule has 1 aromatic heterocycles. The van der Waals surface area contributed by atoms with Crippen molar-refractivity contribution in [2.75, 3.05) is 5.32 Å². The van der Waals surface area contributed by atoms with Crippen molar-refractivity contribution in [3.8, 4) is 0 Å². The van der Waals surface area contributed by atoms with Gasteiger partial charge in [0.1, 0.15) is 4.88 Å². The number of nitrogens with two attached hydrogens (primary N) is 1. The second-order valence-corrected chi connectivity index (χ2v) is 7.99. The van der Waals surface area contributed by atoms with Gasteiger partial charge < -0.3 is 10.1 Å². The molecular formula is C14H13ClN2O5S2. The molecule has 1 atom stereocenters. The van der Waals surface area contributed by atoms with Crippen molar-refractivity contribution in [1.82, 2.24) is 0 Å². The zero-order chi connectivity index (χ0) is 17.9.